The number of rotatable bonds is 2. The van der Waals surface area contributed by atoms with Gasteiger partial charge in [-0.1, -0.05) is 0 Å². The number of aromatic nitrogens is 1. The summed E-state index contributed by atoms with van der Waals surface area (Å²) in [5, 5.41) is 0. The molecule has 1 aliphatic rings. The monoisotopic (exact) mass is 323 g/mol. The van der Waals surface area contributed by atoms with Crippen molar-refractivity contribution in [3.63, 3.8) is 0 Å². The molecular weight excluding hydrogens is 313 g/mol. The van der Waals surface area contributed by atoms with E-state index in [2.05, 4.69) is 15.9 Å². The maximum atomic E-state index is 13.1. The topological polar surface area (TPSA) is 31.2 Å². The Labute approximate surface area is 117 Å². The molecule has 3 rings (SSSR count). The maximum Gasteiger partial charge on any atom is 0.264 e. The molecule has 0 radical (unpaired) electrons. The molecule has 1 aromatic heterocycles. The zero-order valence-corrected chi connectivity index (χ0v) is 11.6. The van der Waals surface area contributed by atoms with Gasteiger partial charge in [-0.3, -0.25) is 4.79 Å². The number of hydrogen-bond donors (Lipinski definition) is 0. The van der Waals surface area contributed by atoms with Crippen LogP contribution in [-0.4, -0.2) is 10.7 Å². The van der Waals surface area contributed by atoms with E-state index < -0.39 is 0 Å². The third kappa shape index (κ3) is 2.42. The second kappa shape index (κ2) is 4.81. The van der Waals surface area contributed by atoms with Gasteiger partial charge in [0.05, 0.1) is 11.0 Å². The highest BCUT2D eigenvalue weighted by Crippen LogP contribution is 2.29. The van der Waals surface area contributed by atoms with Gasteiger partial charge in [0.15, 0.2) is 0 Å². The predicted molar refractivity (Wildman–Crippen MR) is 72.9 cm³/mol. The molecule has 98 valence electrons. The highest BCUT2D eigenvalue weighted by atomic mass is 79.9. The van der Waals surface area contributed by atoms with E-state index in [0.717, 1.165) is 5.56 Å². The first kappa shape index (κ1) is 12.4. The van der Waals surface area contributed by atoms with E-state index in [9.17, 15) is 9.18 Å². The number of benzene rings is 1. The Kier molecular flexibility index (Phi) is 3.14. The second-order valence-corrected chi connectivity index (χ2v) is 5.36. The maximum absolute atomic E-state index is 13.1. The Morgan fingerprint density at radius 2 is 2.26 bits per heavy atom. The van der Waals surface area contributed by atoms with Gasteiger partial charge >= 0.3 is 0 Å². The molecule has 0 aliphatic carbocycles. The van der Waals surface area contributed by atoms with Crippen molar-refractivity contribution in [3.8, 4) is 5.75 Å². The Morgan fingerprint density at radius 1 is 1.42 bits per heavy atom. The lowest BCUT2D eigenvalue weighted by atomic mass is 10.1. The lowest BCUT2D eigenvalue weighted by Gasteiger charge is -2.12. The third-order valence-electron chi connectivity index (χ3n) is 3.14. The summed E-state index contributed by atoms with van der Waals surface area (Å²) in [6, 6.07) is 8.01. The Morgan fingerprint density at radius 3 is 3.11 bits per heavy atom. The first-order valence-corrected chi connectivity index (χ1v) is 6.73. The van der Waals surface area contributed by atoms with E-state index in [4.69, 9.17) is 4.74 Å². The van der Waals surface area contributed by atoms with E-state index in [1.165, 1.54) is 12.1 Å². The number of fused-ring (bicyclic) bond motifs is 1. The Balaban J connectivity index is 1.81. The lowest BCUT2D eigenvalue weighted by Crippen LogP contribution is -2.28. The summed E-state index contributed by atoms with van der Waals surface area (Å²) in [5.74, 6) is 0.442. The summed E-state index contributed by atoms with van der Waals surface area (Å²) in [6.07, 6.45) is 2.20. The van der Waals surface area contributed by atoms with Crippen molar-refractivity contribution >= 4 is 15.9 Å². The molecule has 19 heavy (non-hydrogen) atoms. The second-order valence-electron chi connectivity index (χ2n) is 4.51. The molecule has 0 saturated heterocycles. The van der Waals surface area contributed by atoms with E-state index in [-0.39, 0.29) is 17.5 Å². The average molecular weight is 324 g/mol. The van der Waals surface area contributed by atoms with Gasteiger partial charge < -0.3 is 9.30 Å². The average Bonchev–Trinajstić information content (AvgIpc) is 2.76. The molecule has 2 aromatic rings. The van der Waals surface area contributed by atoms with Crippen molar-refractivity contribution in [3.05, 3.63) is 62.7 Å². The molecule has 0 amide bonds. The molecule has 0 N–H and O–H groups in total. The van der Waals surface area contributed by atoms with Crippen LogP contribution in [0.2, 0.25) is 0 Å². The minimum Gasteiger partial charge on any atom is -0.488 e. The van der Waals surface area contributed by atoms with Gasteiger partial charge in [0, 0.05) is 18.2 Å². The van der Waals surface area contributed by atoms with E-state index in [1.807, 2.05) is 0 Å². The molecule has 0 spiro atoms. The van der Waals surface area contributed by atoms with Crippen LogP contribution in [0.1, 0.15) is 5.56 Å². The molecule has 2 heterocycles. The molecule has 0 saturated carbocycles. The van der Waals surface area contributed by atoms with Crippen molar-refractivity contribution in [2.45, 2.75) is 19.1 Å². The summed E-state index contributed by atoms with van der Waals surface area (Å²) in [6.45, 7) is 0.453. The zero-order valence-electron chi connectivity index (χ0n) is 9.98. The minimum atomic E-state index is -0.261. The normalized spacial score (nSPS) is 17.1. The highest BCUT2D eigenvalue weighted by Gasteiger charge is 2.23. The van der Waals surface area contributed by atoms with E-state index in [0.29, 0.717) is 23.2 Å². The van der Waals surface area contributed by atoms with Crippen LogP contribution < -0.4 is 10.3 Å². The van der Waals surface area contributed by atoms with Gasteiger partial charge in [0.25, 0.3) is 5.56 Å². The number of ether oxygens (including phenoxy) is 1. The van der Waals surface area contributed by atoms with Gasteiger partial charge in [-0.25, -0.2) is 4.39 Å². The van der Waals surface area contributed by atoms with Crippen LogP contribution in [0.5, 0.6) is 5.75 Å². The van der Waals surface area contributed by atoms with Crippen LogP contribution in [0.25, 0.3) is 0 Å². The van der Waals surface area contributed by atoms with Crippen LogP contribution in [0.4, 0.5) is 4.39 Å². The summed E-state index contributed by atoms with van der Waals surface area (Å²) in [5.41, 5.74) is 0.765. The summed E-state index contributed by atoms with van der Waals surface area (Å²) in [4.78, 5) is 11.9. The van der Waals surface area contributed by atoms with Crippen molar-refractivity contribution < 1.29 is 9.13 Å². The van der Waals surface area contributed by atoms with Gasteiger partial charge in [0.1, 0.15) is 17.7 Å². The number of hydrogen-bond acceptors (Lipinski definition) is 2. The molecule has 0 bridgehead atoms. The predicted octanol–water partition coefficient (Wildman–Crippen LogP) is 2.75. The molecule has 0 fully saturated rings. The fraction of sp³-hybridized carbons (Fsp3) is 0.214. The van der Waals surface area contributed by atoms with E-state index >= 15 is 0 Å². The molecule has 1 unspecified atom stereocenters. The summed E-state index contributed by atoms with van der Waals surface area (Å²) >= 11 is 3.21. The van der Waals surface area contributed by atoms with E-state index in [1.54, 1.807) is 29.0 Å². The largest absolute Gasteiger partial charge is 0.488 e. The van der Waals surface area contributed by atoms with Crippen molar-refractivity contribution in [2.75, 3.05) is 0 Å². The van der Waals surface area contributed by atoms with Crippen molar-refractivity contribution in [2.24, 2.45) is 0 Å². The molecule has 1 aromatic carbocycles. The van der Waals surface area contributed by atoms with Gasteiger partial charge in [-0.05, 0) is 46.3 Å². The standard InChI is InChI=1S/C14H11BrFNO2/c15-12-2-1-5-17(14(12)18)8-11-7-9-6-10(16)3-4-13(9)19-11/h1-6,11H,7-8H2. The Bertz CT molecular complexity index is 683. The molecule has 1 atom stereocenters. The summed E-state index contributed by atoms with van der Waals surface area (Å²) in [7, 11) is 0. The Hall–Kier alpha value is -1.62. The third-order valence-corrected chi connectivity index (χ3v) is 3.74. The smallest absolute Gasteiger partial charge is 0.264 e. The van der Waals surface area contributed by atoms with Crippen LogP contribution in [0, 0.1) is 5.82 Å². The minimum absolute atomic E-state index is 0.0896. The molecule has 1 aliphatic heterocycles. The quantitative estimate of drug-likeness (QED) is 0.851. The zero-order chi connectivity index (χ0) is 13.4. The molecule has 5 heteroatoms. The first-order chi connectivity index (χ1) is 9.13. The fourth-order valence-electron chi connectivity index (χ4n) is 2.26. The summed E-state index contributed by atoms with van der Waals surface area (Å²) < 4.78 is 21.0. The lowest BCUT2D eigenvalue weighted by molar-refractivity contribution is 0.207. The first-order valence-electron chi connectivity index (χ1n) is 5.93. The van der Waals surface area contributed by atoms with Crippen molar-refractivity contribution in [1.29, 1.82) is 0 Å². The van der Waals surface area contributed by atoms with Crippen LogP contribution in [0.3, 0.4) is 0 Å². The highest BCUT2D eigenvalue weighted by molar-refractivity contribution is 9.10. The molecular formula is C14H11BrFNO2. The number of pyridine rings is 1. The van der Waals surface area contributed by atoms with Gasteiger partial charge in [-0.15, -0.1) is 0 Å². The fourth-order valence-corrected chi connectivity index (χ4v) is 2.64. The van der Waals surface area contributed by atoms with Crippen LogP contribution in [0.15, 0.2) is 45.8 Å². The van der Waals surface area contributed by atoms with Crippen molar-refractivity contribution in [1.82, 2.24) is 4.57 Å². The van der Waals surface area contributed by atoms with Crippen LogP contribution in [-0.2, 0) is 13.0 Å². The van der Waals surface area contributed by atoms with Gasteiger partial charge in [-0.2, -0.15) is 0 Å². The molecule has 3 nitrogen and oxygen atoms in total. The SMILES string of the molecule is O=c1c(Br)cccn1CC1Cc2cc(F)ccc2O1. The van der Waals surface area contributed by atoms with Crippen LogP contribution >= 0.6 is 15.9 Å². The number of halogens is 2. The van der Waals surface area contributed by atoms with Gasteiger partial charge in [0.2, 0.25) is 0 Å². The number of nitrogens with zero attached hydrogens (tertiary/aromatic N) is 1.